The van der Waals surface area contributed by atoms with E-state index in [2.05, 4.69) is 31.9 Å². The minimum Gasteiger partial charge on any atom is -0.377 e. The number of halogens is 3. The van der Waals surface area contributed by atoms with E-state index in [1.54, 1.807) is 12.1 Å². The molecule has 1 aliphatic heterocycles. The summed E-state index contributed by atoms with van der Waals surface area (Å²) in [6, 6.07) is 5.36. The first-order valence-corrected chi connectivity index (χ1v) is 7.82. The van der Waals surface area contributed by atoms with Gasteiger partial charge in [-0.05, 0) is 18.2 Å². The summed E-state index contributed by atoms with van der Waals surface area (Å²) in [4.78, 5) is 14.3. The van der Waals surface area contributed by atoms with Gasteiger partial charge in [-0.3, -0.25) is 4.79 Å². The van der Waals surface area contributed by atoms with E-state index in [1.807, 2.05) is 11.0 Å². The molecule has 0 aromatic heterocycles. The Morgan fingerprint density at radius 1 is 1.56 bits per heavy atom. The Balaban J connectivity index is 2.26. The molecule has 0 radical (unpaired) electrons. The van der Waals surface area contributed by atoms with Crippen LogP contribution in [0.1, 0.15) is 10.4 Å². The van der Waals surface area contributed by atoms with Gasteiger partial charge in [0.15, 0.2) is 0 Å². The molecule has 1 saturated heterocycles. The Bertz CT molecular complexity index is 456. The predicted molar refractivity (Wildman–Crippen MR) is 78.6 cm³/mol. The van der Waals surface area contributed by atoms with Gasteiger partial charge in [0, 0.05) is 16.3 Å². The highest BCUT2D eigenvalue weighted by Crippen LogP contribution is 2.24. The van der Waals surface area contributed by atoms with Crippen LogP contribution in [0.4, 0.5) is 0 Å². The molecule has 0 bridgehead atoms. The molecule has 18 heavy (non-hydrogen) atoms. The lowest BCUT2D eigenvalue weighted by Crippen LogP contribution is -2.49. The third-order valence-corrected chi connectivity index (χ3v) is 4.40. The van der Waals surface area contributed by atoms with Crippen LogP contribution in [0.25, 0.3) is 0 Å². The molecule has 1 atom stereocenters. The molecule has 1 fully saturated rings. The SMILES string of the molecule is O=C(c1cc(Br)ccc1Cl)N1CCOCC1CBr. The normalized spacial score (nSPS) is 19.9. The van der Waals surface area contributed by atoms with E-state index >= 15 is 0 Å². The number of amides is 1. The number of ether oxygens (including phenoxy) is 1. The van der Waals surface area contributed by atoms with Crippen molar-refractivity contribution in [3.8, 4) is 0 Å². The van der Waals surface area contributed by atoms with Crippen LogP contribution in [0.3, 0.4) is 0 Å². The number of alkyl halides is 1. The van der Waals surface area contributed by atoms with Crippen molar-refractivity contribution in [3.05, 3.63) is 33.3 Å². The van der Waals surface area contributed by atoms with Crippen molar-refractivity contribution in [2.24, 2.45) is 0 Å². The number of carbonyl (C=O) groups excluding carboxylic acids is 1. The van der Waals surface area contributed by atoms with Crippen molar-refractivity contribution in [1.29, 1.82) is 0 Å². The first kappa shape index (κ1) is 14.3. The summed E-state index contributed by atoms with van der Waals surface area (Å²) >= 11 is 12.9. The van der Waals surface area contributed by atoms with E-state index in [1.165, 1.54) is 0 Å². The van der Waals surface area contributed by atoms with Gasteiger partial charge in [-0.15, -0.1) is 0 Å². The van der Waals surface area contributed by atoms with Crippen LogP contribution in [0, 0.1) is 0 Å². The minimum atomic E-state index is -0.0472. The Hall–Kier alpha value is -0.100. The summed E-state index contributed by atoms with van der Waals surface area (Å²) in [6.45, 7) is 1.72. The Morgan fingerprint density at radius 2 is 2.33 bits per heavy atom. The molecule has 2 rings (SSSR count). The van der Waals surface area contributed by atoms with Crippen LogP contribution in [0.5, 0.6) is 0 Å². The summed E-state index contributed by atoms with van der Waals surface area (Å²) in [5.74, 6) is -0.0472. The molecular weight excluding hydrogens is 385 g/mol. The average Bonchev–Trinajstić information content (AvgIpc) is 2.40. The number of rotatable bonds is 2. The highest BCUT2D eigenvalue weighted by atomic mass is 79.9. The fourth-order valence-electron chi connectivity index (χ4n) is 1.87. The van der Waals surface area contributed by atoms with Crippen molar-refractivity contribution < 1.29 is 9.53 Å². The molecular formula is C12H12Br2ClNO2. The second-order valence-electron chi connectivity index (χ2n) is 4.01. The van der Waals surface area contributed by atoms with Gasteiger partial charge < -0.3 is 9.64 Å². The van der Waals surface area contributed by atoms with Crippen LogP contribution in [0.2, 0.25) is 5.02 Å². The van der Waals surface area contributed by atoms with Gasteiger partial charge in [0.1, 0.15) is 0 Å². The lowest BCUT2D eigenvalue weighted by atomic mass is 10.1. The van der Waals surface area contributed by atoms with E-state index in [0.29, 0.717) is 35.7 Å². The highest BCUT2D eigenvalue weighted by molar-refractivity contribution is 9.10. The Labute approximate surface area is 128 Å². The molecule has 1 aliphatic rings. The summed E-state index contributed by atoms with van der Waals surface area (Å²) in [7, 11) is 0. The molecule has 1 heterocycles. The van der Waals surface area contributed by atoms with Gasteiger partial charge >= 0.3 is 0 Å². The van der Waals surface area contributed by atoms with Gasteiger partial charge in [0.25, 0.3) is 5.91 Å². The maximum Gasteiger partial charge on any atom is 0.255 e. The standard InChI is InChI=1S/C12H12Br2ClNO2/c13-6-9-7-18-4-3-16(9)12(17)10-5-8(14)1-2-11(10)15/h1-2,5,9H,3-4,6-7H2. The van der Waals surface area contributed by atoms with E-state index < -0.39 is 0 Å². The molecule has 1 aromatic rings. The summed E-state index contributed by atoms with van der Waals surface area (Å²) < 4.78 is 6.22. The highest BCUT2D eigenvalue weighted by Gasteiger charge is 2.28. The van der Waals surface area contributed by atoms with Crippen molar-refractivity contribution >= 4 is 49.4 Å². The number of hydrogen-bond acceptors (Lipinski definition) is 2. The molecule has 98 valence electrons. The summed E-state index contributed by atoms with van der Waals surface area (Å²) in [5, 5.41) is 1.17. The molecule has 6 heteroatoms. The third kappa shape index (κ3) is 3.07. The number of morpholine rings is 1. The molecule has 0 spiro atoms. The van der Waals surface area contributed by atoms with Crippen LogP contribution in [0.15, 0.2) is 22.7 Å². The maximum absolute atomic E-state index is 12.5. The zero-order valence-corrected chi connectivity index (χ0v) is 13.5. The summed E-state index contributed by atoms with van der Waals surface area (Å²) in [5.41, 5.74) is 0.527. The topological polar surface area (TPSA) is 29.5 Å². The van der Waals surface area contributed by atoms with Crippen molar-refractivity contribution in [1.82, 2.24) is 4.90 Å². The third-order valence-electron chi connectivity index (χ3n) is 2.83. The monoisotopic (exact) mass is 395 g/mol. The van der Waals surface area contributed by atoms with Crippen LogP contribution in [-0.2, 0) is 4.74 Å². The van der Waals surface area contributed by atoms with Crippen LogP contribution >= 0.6 is 43.5 Å². The maximum atomic E-state index is 12.5. The fourth-order valence-corrected chi connectivity index (χ4v) is 2.96. The average molecular weight is 397 g/mol. The van der Waals surface area contributed by atoms with Gasteiger partial charge in [0.05, 0.1) is 29.8 Å². The van der Waals surface area contributed by atoms with Crippen LogP contribution < -0.4 is 0 Å². The second-order valence-corrected chi connectivity index (χ2v) is 5.98. The largest absolute Gasteiger partial charge is 0.377 e. The van der Waals surface area contributed by atoms with Crippen molar-refractivity contribution in [2.45, 2.75) is 6.04 Å². The lowest BCUT2D eigenvalue weighted by Gasteiger charge is -2.34. The molecule has 1 unspecified atom stereocenters. The number of benzene rings is 1. The minimum absolute atomic E-state index is 0.0472. The molecule has 1 amide bonds. The molecule has 3 nitrogen and oxygen atoms in total. The van der Waals surface area contributed by atoms with Gasteiger partial charge in [-0.25, -0.2) is 0 Å². The zero-order valence-electron chi connectivity index (χ0n) is 9.54. The summed E-state index contributed by atoms with van der Waals surface area (Å²) in [6.07, 6.45) is 0. The first-order chi connectivity index (χ1) is 8.63. The Kier molecular flexibility index (Phi) is 5.06. The van der Waals surface area contributed by atoms with E-state index in [-0.39, 0.29) is 11.9 Å². The first-order valence-electron chi connectivity index (χ1n) is 5.53. The fraction of sp³-hybridized carbons (Fsp3) is 0.417. The van der Waals surface area contributed by atoms with E-state index in [9.17, 15) is 4.79 Å². The lowest BCUT2D eigenvalue weighted by molar-refractivity contribution is 0.00525. The number of hydrogen-bond donors (Lipinski definition) is 0. The predicted octanol–water partition coefficient (Wildman–Crippen LogP) is 3.34. The van der Waals surface area contributed by atoms with Crippen molar-refractivity contribution in [2.75, 3.05) is 25.1 Å². The molecule has 0 N–H and O–H groups in total. The zero-order chi connectivity index (χ0) is 13.1. The van der Waals surface area contributed by atoms with Crippen molar-refractivity contribution in [3.63, 3.8) is 0 Å². The van der Waals surface area contributed by atoms with Gasteiger partial charge in [-0.2, -0.15) is 0 Å². The smallest absolute Gasteiger partial charge is 0.255 e. The molecule has 1 aromatic carbocycles. The van der Waals surface area contributed by atoms with Crippen LogP contribution in [-0.4, -0.2) is 41.9 Å². The quantitative estimate of drug-likeness (QED) is 0.717. The van der Waals surface area contributed by atoms with Gasteiger partial charge in [-0.1, -0.05) is 43.5 Å². The molecule has 0 saturated carbocycles. The Morgan fingerprint density at radius 3 is 3.06 bits per heavy atom. The van der Waals surface area contributed by atoms with E-state index in [0.717, 1.165) is 4.47 Å². The van der Waals surface area contributed by atoms with E-state index in [4.69, 9.17) is 16.3 Å². The second kappa shape index (κ2) is 6.37. The molecule has 0 aliphatic carbocycles. The van der Waals surface area contributed by atoms with Gasteiger partial charge in [0.2, 0.25) is 0 Å². The number of nitrogens with zero attached hydrogens (tertiary/aromatic N) is 1. The number of carbonyl (C=O) groups is 1.